The highest BCUT2D eigenvalue weighted by atomic mass is 19.1. The molecule has 4 heteroatoms. The number of anilines is 1. The molecule has 0 unspecified atom stereocenters. The van der Waals surface area contributed by atoms with E-state index in [0.717, 1.165) is 43.5 Å². The highest BCUT2D eigenvalue weighted by molar-refractivity contribution is 5.90. The Bertz CT molecular complexity index is 888. The Labute approximate surface area is 146 Å². The number of halogens is 1. The standard InChI is InChI=1S/C21H21FN2O/c22-19-7-3-4-8-20(19)24-13-11-23(12-14-24)15-16-9-10-21(25)18-6-2-1-5-17(16)18/h1-10,25H,11-15H2. The smallest absolute Gasteiger partial charge is 0.146 e. The molecule has 3 aromatic rings. The first kappa shape index (κ1) is 15.9. The Hall–Kier alpha value is -2.59. The van der Waals surface area contributed by atoms with Gasteiger partial charge >= 0.3 is 0 Å². The number of nitrogens with zero attached hydrogens (tertiary/aromatic N) is 2. The van der Waals surface area contributed by atoms with Crippen LogP contribution in [0.2, 0.25) is 0 Å². The van der Waals surface area contributed by atoms with Crippen molar-refractivity contribution in [2.75, 3.05) is 31.1 Å². The van der Waals surface area contributed by atoms with Crippen LogP contribution in [-0.4, -0.2) is 36.2 Å². The van der Waals surface area contributed by atoms with E-state index >= 15 is 0 Å². The predicted octanol–water partition coefficient (Wildman–Crippen LogP) is 4.01. The van der Waals surface area contributed by atoms with Crippen LogP contribution in [0, 0.1) is 5.82 Å². The van der Waals surface area contributed by atoms with Gasteiger partial charge in [0.2, 0.25) is 0 Å². The van der Waals surface area contributed by atoms with E-state index in [1.165, 1.54) is 11.6 Å². The van der Waals surface area contributed by atoms with Crippen molar-refractivity contribution in [2.24, 2.45) is 0 Å². The topological polar surface area (TPSA) is 26.7 Å². The summed E-state index contributed by atoms with van der Waals surface area (Å²) in [6.07, 6.45) is 0. The number of rotatable bonds is 3. The zero-order valence-electron chi connectivity index (χ0n) is 14.0. The van der Waals surface area contributed by atoms with Gasteiger partial charge in [-0.05, 0) is 29.1 Å². The van der Waals surface area contributed by atoms with E-state index in [-0.39, 0.29) is 5.82 Å². The molecule has 0 radical (unpaired) electrons. The monoisotopic (exact) mass is 336 g/mol. The number of phenols is 1. The van der Waals surface area contributed by atoms with Gasteiger partial charge in [0.25, 0.3) is 0 Å². The van der Waals surface area contributed by atoms with Crippen LogP contribution in [0.15, 0.2) is 60.7 Å². The maximum Gasteiger partial charge on any atom is 0.146 e. The molecule has 0 aromatic heterocycles. The maximum atomic E-state index is 14.0. The predicted molar refractivity (Wildman–Crippen MR) is 99.5 cm³/mol. The minimum atomic E-state index is -0.152. The van der Waals surface area contributed by atoms with Crippen LogP contribution in [0.1, 0.15) is 5.56 Å². The van der Waals surface area contributed by atoms with Crippen molar-refractivity contribution in [1.29, 1.82) is 0 Å². The number of benzene rings is 3. The minimum absolute atomic E-state index is 0.152. The van der Waals surface area contributed by atoms with Crippen molar-refractivity contribution in [3.05, 3.63) is 72.0 Å². The molecule has 1 N–H and O–H groups in total. The summed E-state index contributed by atoms with van der Waals surface area (Å²) in [6.45, 7) is 4.26. The third kappa shape index (κ3) is 3.17. The van der Waals surface area contributed by atoms with E-state index in [4.69, 9.17) is 0 Å². The van der Waals surface area contributed by atoms with Crippen LogP contribution in [0.5, 0.6) is 5.75 Å². The Morgan fingerprint density at radius 3 is 2.24 bits per heavy atom. The molecular weight excluding hydrogens is 315 g/mol. The molecule has 0 atom stereocenters. The van der Waals surface area contributed by atoms with E-state index in [0.29, 0.717) is 11.4 Å². The lowest BCUT2D eigenvalue weighted by molar-refractivity contribution is 0.250. The molecule has 128 valence electrons. The summed E-state index contributed by atoms with van der Waals surface area (Å²) >= 11 is 0. The lowest BCUT2D eigenvalue weighted by Crippen LogP contribution is -2.46. The fourth-order valence-electron chi connectivity index (χ4n) is 3.58. The van der Waals surface area contributed by atoms with Crippen molar-refractivity contribution >= 4 is 16.5 Å². The number of hydrogen-bond acceptors (Lipinski definition) is 3. The van der Waals surface area contributed by atoms with Crippen molar-refractivity contribution in [3.8, 4) is 5.75 Å². The third-order valence-corrected chi connectivity index (χ3v) is 4.95. The SMILES string of the molecule is Oc1ccc(CN2CCN(c3ccccc3F)CC2)c2ccccc12. The molecule has 4 rings (SSSR count). The number of phenolic OH excluding ortho intramolecular Hbond substituents is 1. The first-order valence-electron chi connectivity index (χ1n) is 8.64. The van der Waals surface area contributed by atoms with Gasteiger partial charge in [0.1, 0.15) is 11.6 Å². The van der Waals surface area contributed by atoms with Gasteiger partial charge in [-0.3, -0.25) is 4.90 Å². The van der Waals surface area contributed by atoms with Crippen molar-refractivity contribution < 1.29 is 9.50 Å². The number of para-hydroxylation sites is 1. The number of aromatic hydroxyl groups is 1. The largest absolute Gasteiger partial charge is 0.507 e. The molecule has 0 aliphatic carbocycles. The first-order chi connectivity index (χ1) is 12.2. The van der Waals surface area contributed by atoms with Gasteiger partial charge in [-0.2, -0.15) is 0 Å². The lowest BCUT2D eigenvalue weighted by Gasteiger charge is -2.36. The minimum Gasteiger partial charge on any atom is -0.507 e. The van der Waals surface area contributed by atoms with E-state index in [2.05, 4.69) is 15.9 Å². The zero-order chi connectivity index (χ0) is 17.2. The van der Waals surface area contributed by atoms with E-state index in [1.54, 1.807) is 12.1 Å². The summed E-state index contributed by atoms with van der Waals surface area (Å²) in [6, 6.07) is 18.7. The van der Waals surface area contributed by atoms with Gasteiger partial charge in [-0.25, -0.2) is 4.39 Å². The van der Waals surface area contributed by atoms with Gasteiger partial charge < -0.3 is 10.0 Å². The summed E-state index contributed by atoms with van der Waals surface area (Å²) in [4.78, 5) is 4.50. The van der Waals surface area contributed by atoms with E-state index in [9.17, 15) is 9.50 Å². The van der Waals surface area contributed by atoms with Crippen LogP contribution in [-0.2, 0) is 6.54 Å². The average molecular weight is 336 g/mol. The van der Waals surface area contributed by atoms with Crippen molar-refractivity contribution in [2.45, 2.75) is 6.54 Å². The molecular formula is C21H21FN2O. The average Bonchev–Trinajstić information content (AvgIpc) is 2.65. The second kappa shape index (κ2) is 6.73. The molecule has 1 aliphatic heterocycles. The molecule has 0 saturated carbocycles. The van der Waals surface area contributed by atoms with Crippen LogP contribution >= 0.6 is 0 Å². The molecule has 3 nitrogen and oxygen atoms in total. The van der Waals surface area contributed by atoms with Crippen LogP contribution in [0.4, 0.5) is 10.1 Å². The fourth-order valence-corrected chi connectivity index (χ4v) is 3.58. The second-order valence-corrected chi connectivity index (χ2v) is 6.50. The van der Waals surface area contributed by atoms with Crippen molar-refractivity contribution in [3.63, 3.8) is 0 Å². The quantitative estimate of drug-likeness (QED) is 0.783. The van der Waals surface area contributed by atoms with E-state index in [1.807, 2.05) is 36.4 Å². The molecule has 1 saturated heterocycles. The van der Waals surface area contributed by atoms with Crippen LogP contribution < -0.4 is 4.90 Å². The molecule has 1 heterocycles. The highest BCUT2D eigenvalue weighted by Crippen LogP contribution is 2.28. The molecule has 0 spiro atoms. The van der Waals surface area contributed by atoms with Crippen molar-refractivity contribution in [1.82, 2.24) is 4.90 Å². The Balaban J connectivity index is 1.48. The van der Waals surface area contributed by atoms with Gasteiger partial charge in [0.15, 0.2) is 0 Å². The van der Waals surface area contributed by atoms with Gasteiger partial charge in [-0.1, -0.05) is 42.5 Å². The third-order valence-electron chi connectivity index (χ3n) is 4.95. The lowest BCUT2D eigenvalue weighted by atomic mass is 10.0. The highest BCUT2D eigenvalue weighted by Gasteiger charge is 2.20. The molecule has 0 amide bonds. The molecule has 1 aliphatic rings. The summed E-state index contributed by atoms with van der Waals surface area (Å²) in [5.74, 6) is 0.171. The van der Waals surface area contributed by atoms with Gasteiger partial charge in [0, 0.05) is 38.1 Å². The summed E-state index contributed by atoms with van der Waals surface area (Å²) in [5, 5.41) is 12.0. The Kier molecular flexibility index (Phi) is 4.28. The maximum absolute atomic E-state index is 14.0. The van der Waals surface area contributed by atoms with E-state index < -0.39 is 0 Å². The number of fused-ring (bicyclic) bond motifs is 1. The Morgan fingerprint density at radius 1 is 0.800 bits per heavy atom. The number of piperazine rings is 1. The second-order valence-electron chi connectivity index (χ2n) is 6.50. The molecule has 0 bridgehead atoms. The van der Waals surface area contributed by atoms with Crippen LogP contribution in [0.3, 0.4) is 0 Å². The van der Waals surface area contributed by atoms with Crippen LogP contribution in [0.25, 0.3) is 10.8 Å². The zero-order valence-corrected chi connectivity index (χ0v) is 14.0. The first-order valence-corrected chi connectivity index (χ1v) is 8.64. The fraction of sp³-hybridized carbons (Fsp3) is 0.238. The Morgan fingerprint density at radius 2 is 1.48 bits per heavy atom. The molecule has 3 aromatic carbocycles. The van der Waals surface area contributed by atoms with Gasteiger partial charge in [0.05, 0.1) is 5.69 Å². The summed E-state index contributed by atoms with van der Waals surface area (Å²) in [5.41, 5.74) is 1.91. The van der Waals surface area contributed by atoms with Gasteiger partial charge in [-0.15, -0.1) is 0 Å². The summed E-state index contributed by atoms with van der Waals surface area (Å²) in [7, 11) is 0. The number of hydrogen-bond donors (Lipinski definition) is 1. The summed E-state index contributed by atoms with van der Waals surface area (Å²) < 4.78 is 14.0. The molecule has 1 fully saturated rings. The normalized spacial score (nSPS) is 15.6. The molecule has 25 heavy (non-hydrogen) atoms.